The lowest BCUT2D eigenvalue weighted by Crippen LogP contribution is -2.19. The Bertz CT molecular complexity index is 1410. The highest BCUT2D eigenvalue weighted by molar-refractivity contribution is 6.33. The van der Waals surface area contributed by atoms with E-state index in [4.69, 9.17) is 21.4 Å². The number of imidazole rings is 1. The molecule has 0 saturated heterocycles. The molecule has 0 aliphatic heterocycles. The summed E-state index contributed by atoms with van der Waals surface area (Å²) in [6, 6.07) is 17.5. The SMILES string of the molecule is Cn1c(=O)n(C)c2cc(C(O)COc3ccc(CNc4ccc(C(=O)O)c(Cl)c4)cc3)ccc21. The molecule has 0 saturated carbocycles. The van der Waals surface area contributed by atoms with Crippen molar-refractivity contribution in [2.45, 2.75) is 12.6 Å². The standard InChI is InChI=1S/C25H24ClN3O5/c1-28-21-10-5-16(11-22(21)29(2)25(28)33)23(30)14-34-18-7-3-15(4-8-18)13-27-17-6-9-19(24(31)32)20(26)12-17/h3-12,23,27,30H,13-14H2,1-2H3,(H,31,32). The van der Waals surface area contributed by atoms with Gasteiger partial charge in [-0.25, -0.2) is 9.59 Å². The van der Waals surface area contributed by atoms with Gasteiger partial charge in [0.05, 0.1) is 21.6 Å². The average molecular weight is 482 g/mol. The first-order chi connectivity index (χ1) is 16.2. The maximum atomic E-state index is 12.1. The van der Waals surface area contributed by atoms with Crippen molar-refractivity contribution in [2.75, 3.05) is 11.9 Å². The summed E-state index contributed by atoms with van der Waals surface area (Å²) in [5.41, 5.74) is 3.86. The number of aromatic carboxylic acids is 1. The predicted molar refractivity (Wildman–Crippen MR) is 131 cm³/mol. The number of carbonyl (C=O) groups is 1. The maximum absolute atomic E-state index is 12.1. The minimum absolute atomic E-state index is 0.0589. The van der Waals surface area contributed by atoms with E-state index in [1.807, 2.05) is 30.3 Å². The van der Waals surface area contributed by atoms with Crippen LogP contribution >= 0.6 is 11.6 Å². The number of ether oxygens (including phenoxy) is 1. The van der Waals surface area contributed by atoms with E-state index in [2.05, 4.69) is 5.32 Å². The lowest BCUT2D eigenvalue weighted by molar-refractivity contribution is 0.0697. The number of aryl methyl sites for hydroxylation is 2. The van der Waals surface area contributed by atoms with Gasteiger partial charge in [-0.15, -0.1) is 0 Å². The Morgan fingerprint density at radius 1 is 1.03 bits per heavy atom. The molecule has 3 aromatic carbocycles. The van der Waals surface area contributed by atoms with E-state index in [9.17, 15) is 14.7 Å². The average Bonchev–Trinajstić information content (AvgIpc) is 3.05. The number of hydrogen-bond donors (Lipinski definition) is 3. The predicted octanol–water partition coefficient (Wildman–Crippen LogP) is 3.95. The molecule has 0 radical (unpaired) electrons. The van der Waals surface area contributed by atoms with E-state index in [0.717, 1.165) is 16.6 Å². The van der Waals surface area contributed by atoms with Crippen molar-refractivity contribution < 1.29 is 19.7 Å². The van der Waals surface area contributed by atoms with Gasteiger partial charge in [0.2, 0.25) is 0 Å². The van der Waals surface area contributed by atoms with Gasteiger partial charge < -0.3 is 20.3 Å². The second-order valence-electron chi connectivity index (χ2n) is 7.97. The second-order valence-corrected chi connectivity index (χ2v) is 8.38. The van der Waals surface area contributed by atoms with Crippen LogP contribution in [0, 0.1) is 0 Å². The number of rotatable bonds is 8. The number of aromatic nitrogens is 2. The normalized spacial score (nSPS) is 12.0. The third-order valence-corrected chi connectivity index (χ3v) is 6.02. The van der Waals surface area contributed by atoms with Crippen molar-refractivity contribution in [3.8, 4) is 5.75 Å². The van der Waals surface area contributed by atoms with Crippen LogP contribution in [0.3, 0.4) is 0 Å². The van der Waals surface area contributed by atoms with Crippen LogP contribution in [0.25, 0.3) is 11.0 Å². The molecule has 8 nitrogen and oxygen atoms in total. The summed E-state index contributed by atoms with van der Waals surface area (Å²) in [6.45, 7) is 0.583. The van der Waals surface area contributed by atoms with Crippen LogP contribution in [0.2, 0.25) is 5.02 Å². The van der Waals surface area contributed by atoms with Crippen LogP contribution in [-0.2, 0) is 20.6 Å². The van der Waals surface area contributed by atoms with E-state index in [1.165, 1.54) is 6.07 Å². The van der Waals surface area contributed by atoms with Crippen LogP contribution < -0.4 is 15.7 Å². The van der Waals surface area contributed by atoms with E-state index < -0.39 is 12.1 Å². The summed E-state index contributed by atoms with van der Waals surface area (Å²) >= 11 is 6.00. The topological polar surface area (TPSA) is 106 Å². The number of benzene rings is 3. The molecular weight excluding hydrogens is 458 g/mol. The van der Waals surface area contributed by atoms with Crippen LogP contribution in [0.5, 0.6) is 5.75 Å². The third-order valence-electron chi connectivity index (χ3n) is 5.71. The Morgan fingerprint density at radius 2 is 1.74 bits per heavy atom. The maximum Gasteiger partial charge on any atom is 0.337 e. The quantitative estimate of drug-likeness (QED) is 0.352. The summed E-state index contributed by atoms with van der Waals surface area (Å²) in [5, 5.41) is 23.0. The number of anilines is 1. The van der Waals surface area contributed by atoms with Crippen molar-refractivity contribution in [2.24, 2.45) is 14.1 Å². The summed E-state index contributed by atoms with van der Waals surface area (Å²) in [5.74, 6) is -0.451. The van der Waals surface area contributed by atoms with Crippen molar-refractivity contribution in [1.29, 1.82) is 0 Å². The smallest absolute Gasteiger partial charge is 0.337 e. The molecule has 0 fully saturated rings. The van der Waals surface area contributed by atoms with Gasteiger partial charge in [0.25, 0.3) is 0 Å². The molecular formula is C25H24ClN3O5. The molecule has 0 bridgehead atoms. The summed E-state index contributed by atoms with van der Waals surface area (Å²) in [4.78, 5) is 23.1. The number of halogens is 1. The molecule has 1 aromatic heterocycles. The van der Waals surface area contributed by atoms with Crippen LogP contribution in [0.15, 0.2) is 65.5 Å². The minimum Gasteiger partial charge on any atom is -0.491 e. The number of hydrogen-bond acceptors (Lipinski definition) is 5. The number of carboxylic acids is 1. The molecule has 1 atom stereocenters. The number of carboxylic acid groups (broad SMARTS) is 1. The molecule has 0 aliphatic rings. The molecule has 0 spiro atoms. The lowest BCUT2D eigenvalue weighted by Gasteiger charge is -2.14. The van der Waals surface area contributed by atoms with Gasteiger partial charge in [-0.2, -0.15) is 0 Å². The second kappa shape index (κ2) is 9.62. The van der Waals surface area contributed by atoms with E-state index in [0.29, 0.717) is 23.5 Å². The van der Waals surface area contributed by atoms with Gasteiger partial charge in [0.15, 0.2) is 0 Å². The molecule has 4 aromatic rings. The highest BCUT2D eigenvalue weighted by Crippen LogP contribution is 2.23. The lowest BCUT2D eigenvalue weighted by atomic mass is 10.1. The van der Waals surface area contributed by atoms with Crippen molar-refractivity contribution >= 4 is 34.3 Å². The van der Waals surface area contributed by atoms with E-state index in [-0.39, 0.29) is 22.9 Å². The zero-order valence-corrected chi connectivity index (χ0v) is 19.4. The number of fused-ring (bicyclic) bond motifs is 1. The third kappa shape index (κ3) is 4.78. The molecule has 34 heavy (non-hydrogen) atoms. The van der Waals surface area contributed by atoms with Crippen molar-refractivity contribution in [1.82, 2.24) is 9.13 Å². The molecule has 4 rings (SSSR count). The zero-order valence-electron chi connectivity index (χ0n) is 18.7. The highest BCUT2D eigenvalue weighted by Gasteiger charge is 2.14. The van der Waals surface area contributed by atoms with Gasteiger partial charge in [-0.3, -0.25) is 9.13 Å². The summed E-state index contributed by atoms with van der Waals surface area (Å²) in [7, 11) is 3.42. The number of nitrogens with zero attached hydrogens (tertiary/aromatic N) is 2. The number of aliphatic hydroxyl groups is 1. The molecule has 3 N–H and O–H groups in total. The Morgan fingerprint density at radius 3 is 2.41 bits per heavy atom. The molecule has 0 amide bonds. The van der Waals surface area contributed by atoms with Crippen LogP contribution in [-0.4, -0.2) is 31.9 Å². The Labute approximate surface area is 200 Å². The zero-order chi connectivity index (χ0) is 24.4. The van der Waals surface area contributed by atoms with E-state index in [1.54, 1.807) is 47.5 Å². The Kier molecular flexibility index (Phi) is 6.63. The monoisotopic (exact) mass is 481 g/mol. The van der Waals surface area contributed by atoms with Gasteiger partial charge in [0.1, 0.15) is 18.5 Å². The Balaban J connectivity index is 1.34. The van der Waals surface area contributed by atoms with Gasteiger partial charge >= 0.3 is 11.7 Å². The fraction of sp³-hybridized carbons (Fsp3) is 0.200. The largest absolute Gasteiger partial charge is 0.491 e. The van der Waals surface area contributed by atoms with E-state index >= 15 is 0 Å². The van der Waals surface area contributed by atoms with Crippen LogP contribution in [0.1, 0.15) is 27.6 Å². The number of nitrogens with one attached hydrogen (secondary N) is 1. The summed E-state index contributed by atoms with van der Waals surface area (Å²) < 4.78 is 8.86. The van der Waals surface area contributed by atoms with Gasteiger partial charge in [-0.1, -0.05) is 29.8 Å². The molecule has 176 valence electrons. The first-order valence-electron chi connectivity index (χ1n) is 10.6. The fourth-order valence-electron chi connectivity index (χ4n) is 3.71. The molecule has 1 heterocycles. The highest BCUT2D eigenvalue weighted by atomic mass is 35.5. The van der Waals surface area contributed by atoms with Gasteiger partial charge in [-0.05, 0) is 53.6 Å². The molecule has 0 aliphatic carbocycles. The molecule has 1 unspecified atom stereocenters. The fourth-order valence-corrected chi connectivity index (χ4v) is 3.97. The first-order valence-corrected chi connectivity index (χ1v) is 10.9. The van der Waals surface area contributed by atoms with Crippen LogP contribution in [0.4, 0.5) is 5.69 Å². The van der Waals surface area contributed by atoms with Crippen molar-refractivity contribution in [3.05, 3.63) is 92.9 Å². The Hall–Kier alpha value is -3.75. The minimum atomic E-state index is -1.07. The summed E-state index contributed by atoms with van der Waals surface area (Å²) in [6.07, 6.45) is -0.848. The molecule has 9 heteroatoms. The number of aliphatic hydroxyl groups excluding tert-OH is 1. The van der Waals surface area contributed by atoms with Gasteiger partial charge in [0, 0.05) is 26.3 Å². The first kappa shape index (κ1) is 23.4. The van der Waals surface area contributed by atoms with Crippen molar-refractivity contribution in [3.63, 3.8) is 0 Å².